The Balaban J connectivity index is 0.00000225. The number of anilines is 1. The molecule has 7 nitrogen and oxygen atoms in total. The Morgan fingerprint density at radius 1 is 1.32 bits per heavy atom. The number of hydrogen-bond acceptors (Lipinski definition) is 4. The first-order chi connectivity index (χ1) is 13.0. The molecule has 0 fully saturated rings. The van der Waals surface area contributed by atoms with E-state index in [-0.39, 0.29) is 29.2 Å². The van der Waals surface area contributed by atoms with E-state index >= 15 is 0 Å². The van der Waals surface area contributed by atoms with Gasteiger partial charge in [0.2, 0.25) is 0 Å². The molecule has 3 aromatic rings. The van der Waals surface area contributed by atoms with Crippen LogP contribution in [0.1, 0.15) is 28.5 Å². The van der Waals surface area contributed by atoms with Crippen LogP contribution in [0, 0.1) is 11.6 Å². The molecule has 0 spiro atoms. The van der Waals surface area contributed by atoms with Crippen molar-refractivity contribution in [1.82, 2.24) is 19.5 Å². The summed E-state index contributed by atoms with van der Waals surface area (Å²) in [7, 11) is 0. The molecule has 2 aromatic heterocycles. The molecule has 0 unspecified atom stereocenters. The summed E-state index contributed by atoms with van der Waals surface area (Å²) in [5.74, 6) is -2.60. The Hall–Kier alpha value is -2.78. The lowest BCUT2D eigenvalue weighted by atomic mass is 10.1. The summed E-state index contributed by atoms with van der Waals surface area (Å²) in [6, 6.07) is 3.11. The van der Waals surface area contributed by atoms with E-state index < -0.39 is 17.5 Å². The number of aromatic nitrogens is 3. The summed E-state index contributed by atoms with van der Waals surface area (Å²) in [4.78, 5) is 25.5. The maximum atomic E-state index is 13.4. The van der Waals surface area contributed by atoms with Crippen LogP contribution in [-0.4, -0.2) is 26.6 Å². The molecular weight excluding hydrogens is 392 g/mol. The quantitative estimate of drug-likeness (QED) is 0.694. The van der Waals surface area contributed by atoms with Crippen LogP contribution in [0.25, 0.3) is 5.65 Å². The second-order valence-electron chi connectivity index (χ2n) is 6.28. The molecule has 0 atom stereocenters. The van der Waals surface area contributed by atoms with Crippen molar-refractivity contribution >= 4 is 29.6 Å². The van der Waals surface area contributed by atoms with E-state index in [0.717, 1.165) is 24.4 Å². The maximum Gasteiger partial charge on any atom is 0.279 e. The van der Waals surface area contributed by atoms with Crippen LogP contribution in [0.3, 0.4) is 0 Å². The van der Waals surface area contributed by atoms with E-state index in [2.05, 4.69) is 15.7 Å². The normalized spacial score (nSPS) is 13.1. The fourth-order valence-corrected chi connectivity index (χ4v) is 3.45. The summed E-state index contributed by atoms with van der Waals surface area (Å²) in [5.41, 5.74) is 1.97. The highest BCUT2D eigenvalue weighted by Gasteiger charge is 2.24. The van der Waals surface area contributed by atoms with Crippen molar-refractivity contribution in [1.29, 1.82) is 0 Å². The molecule has 1 aliphatic rings. The first-order valence-corrected chi connectivity index (χ1v) is 8.60. The largest absolute Gasteiger partial charge is 0.329 e. The van der Waals surface area contributed by atoms with Crippen molar-refractivity contribution in [2.75, 3.05) is 11.9 Å². The minimum Gasteiger partial charge on any atom is -0.329 e. The van der Waals surface area contributed by atoms with Gasteiger partial charge in [0.05, 0.1) is 11.8 Å². The van der Waals surface area contributed by atoms with Gasteiger partial charge in [-0.05, 0) is 19.1 Å². The zero-order valence-electron chi connectivity index (χ0n) is 15.0. The van der Waals surface area contributed by atoms with Gasteiger partial charge in [0, 0.05) is 43.5 Å². The fraction of sp³-hybridized carbons (Fsp3) is 0.278. The molecule has 28 heavy (non-hydrogen) atoms. The molecule has 4 rings (SSSR count). The smallest absolute Gasteiger partial charge is 0.279 e. The van der Waals surface area contributed by atoms with Crippen molar-refractivity contribution < 1.29 is 13.6 Å². The molecule has 2 N–H and O–H groups in total. The molecule has 1 amide bonds. The summed E-state index contributed by atoms with van der Waals surface area (Å²) >= 11 is 0. The van der Waals surface area contributed by atoms with Crippen molar-refractivity contribution in [3.05, 3.63) is 63.2 Å². The highest BCUT2D eigenvalue weighted by Crippen LogP contribution is 2.19. The van der Waals surface area contributed by atoms with Gasteiger partial charge in [-0.15, -0.1) is 12.4 Å². The second kappa shape index (κ2) is 7.69. The molecule has 0 aliphatic carbocycles. The molecule has 1 aromatic carbocycles. The van der Waals surface area contributed by atoms with E-state index in [1.165, 1.54) is 16.8 Å². The van der Waals surface area contributed by atoms with Gasteiger partial charge in [-0.3, -0.25) is 9.59 Å². The standard InChI is InChI=1S/C18H17F2N5O2.ClH/c1-2-24-15-5-6-21-8-11(15)18(27)25-17(24)12(9-22-25)16(26)23-10-3-4-13(19)14(20)7-10;/h3-4,7,9,21H,2,5-6,8H2,1H3,(H,23,26);1H. The first kappa shape index (κ1) is 20.0. The van der Waals surface area contributed by atoms with Gasteiger partial charge in [0.15, 0.2) is 17.3 Å². The molecule has 0 saturated heterocycles. The van der Waals surface area contributed by atoms with Crippen LogP contribution in [-0.2, 0) is 19.5 Å². The third kappa shape index (κ3) is 3.16. The number of nitrogens with zero attached hydrogens (tertiary/aromatic N) is 3. The summed E-state index contributed by atoms with van der Waals surface area (Å²) < 4.78 is 29.6. The van der Waals surface area contributed by atoms with E-state index in [1.54, 1.807) is 0 Å². The number of rotatable bonds is 3. The predicted molar refractivity (Wildman–Crippen MR) is 102 cm³/mol. The number of nitrogens with one attached hydrogen (secondary N) is 2. The second-order valence-corrected chi connectivity index (χ2v) is 6.28. The van der Waals surface area contributed by atoms with Gasteiger partial charge in [-0.1, -0.05) is 0 Å². The topological polar surface area (TPSA) is 80.4 Å². The maximum absolute atomic E-state index is 13.4. The molecule has 148 valence electrons. The minimum absolute atomic E-state index is 0. The highest BCUT2D eigenvalue weighted by atomic mass is 35.5. The Labute approximate surface area is 164 Å². The molecular formula is C18H18ClF2N5O2. The van der Waals surface area contributed by atoms with Crippen LogP contribution >= 0.6 is 12.4 Å². The van der Waals surface area contributed by atoms with Crippen molar-refractivity contribution in [2.24, 2.45) is 0 Å². The van der Waals surface area contributed by atoms with Crippen LogP contribution in [0.15, 0.2) is 29.2 Å². The van der Waals surface area contributed by atoms with Gasteiger partial charge in [-0.2, -0.15) is 9.61 Å². The van der Waals surface area contributed by atoms with E-state index in [0.29, 0.717) is 30.7 Å². The van der Waals surface area contributed by atoms with Gasteiger partial charge >= 0.3 is 0 Å². The number of hydrogen-bond donors (Lipinski definition) is 2. The van der Waals surface area contributed by atoms with Crippen LogP contribution in [0.2, 0.25) is 0 Å². The zero-order chi connectivity index (χ0) is 19.1. The van der Waals surface area contributed by atoms with E-state index in [9.17, 15) is 18.4 Å². The Morgan fingerprint density at radius 2 is 2.11 bits per heavy atom. The summed E-state index contributed by atoms with van der Waals surface area (Å²) in [6.07, 6.45) is 1.99. The summed E-state index contributed by atoms with van der Waals surface area (Å²) in [6.45, 7) is 3.69. The SMILES string of the molecule is CCn1c2c(c(=O)n3ncc(C(=O)Nc4ccc(F)c(F)c4)c13)CNCC2.Cl. The van der Waals surface area contributed by atoms with Crippen molar-refractivity contribution in [3.63, 3.8) is 0 Å². The van der Waals surface area contributed by atoms with Gasteiger partial charge in [0.25, 0.3) is 11.5 Å². The van der Waals surface area contributed by atoms with Crippen molar-refractivity contribution in [2.45, 2.75) is 26.4 Å². The summed E-state index contributed by atoms with van der Waals surface area (Å²) in [5, 5.41) is 9.79. The van der Waals surface area contributed by atoms with Crippen LogP contribution in [0.4, 0.5) is 14.5 Å². The monoisotopic (exact) mass is 409 g/mol. The lowest BCUT2D eigenvalue weighted by Gasteiger charge is -2.22. The number of amides is 1. The molecule has 0 bridgehead atoms. The molecule has 10 heteroatoms. The third-order valence-corrected chi connectivity index (χ3v) is 4.70. The molecule has 0 saturated carbocycles. The molecule has 3 heterocycles. The number of aryl methyl sites for hydroxylation is 1. The number of carbonyl (C=O) groups excluding carboxylic acids is 1. The van der Waals surface area contributed by atoms with Gasteiger partial charge in [-0.25, -0.2) is 8.78 Å². The number of carbonyl (C=O) groups is 1. The van der Waals surface area contributed by atoms with Gasteiger partial charge < -0.3 is 15.2 Å². The minimum atomic E-state index is -1.06. The van der Waals surface area contributed by atoms with Gasteiger partial charge in [0.1, 0.15) is 5.56 Å². The Bertz CT molecular complexity index is 1130. The molecule has 1 aliphatic heterocycles. The predicted octanol–water partition coefficient (Wildman–Crippen LogP) is 2.11. The average Bonchev–Trinajstić information content (AvgIpc) is 3.11. The zero-order valence-corrected chi connectivity index (χ0v) is 15.8. The fourth-order valence-electron chi connectivity index (χ4n) is 3.45. The average molecular weight is 410 g/mol. The van der Waals surface area contributed by atoms with Crippen molar-refractivity contribution in [3.8, 4) is 0 Å². The van der Waals surface area contributed by atoms with Crippen LogP contribution < -0.4 is 16.2 Å². The third-order valence-electron chi connectivity index (χ3n) is 4.70. The highest BCUT2D eigenvalue weighted by molar-refractivity contribution is 6.08. The lowest BCUT2D eigenvalue weighted by molar-refractivity contribution is 0.102. The number of halogens is 3. The van der Waals surface area contributed by atoms with E-state index in [1.807, 2.05) is 11.5 Å². The lowest BCUT2D eigenvalue weighted by Crippen LogP contribution is -2.36. The number of benzene rings is 1. The van der Waals surface area contributed by atoms with Crippen LogP contribution in [0.5, 0.6) is 0 Å². The molecule has 0 radical (unpaired) electrons. The first-order valence-electron chi connectivity index (χ1n) is 8.60. The van der Waals surface area contributed by atoms with E-state index in [4.69, 9.17) is 0 Å². The number of fused-ring (bicyclic) bond motifs is 2. The Kier molecular flexibility index (Phi) is 5.48. The Morgan fingerprint density at radius 3 is 2.82 bits per heavy atom.